The highest BCUT2D eigenvalue weighted by atomic mass is 35.7. The van der Waals surface area contributed by atoms with Gasteiger partial charge in [-0.2, -0.15) is 88.6 Å². The Hall–Kier alpha value is 2.41. The van der Waals surface area contributed by atoms with Crippen LogP contribution in [0.25, 0.3) is 0 Å². The fourth-order valence-corrected chi connectivity index (χ4v) is 7.96. The Morgan fingerprint density at radius 1 is 0.559 bits per heavy atom. The van der Waals surface area contributed by atoms with E-state index in [1.165, 1.54) is 27.8 Å². The Morgan fingerprint density at radius 2 is 0.912 bits per heavy atom. The number of benzene rings is 1. The molecule has 0 N–H and O–H groups in total. The molecule has 0 aliphatic rings. The summed E-state index contributed by atoms with van der Waals surface area (Å²) in [7, 11) is -7.37. The molecule has 4 atom stereocenters. The predicted octanol–water partition coefficient (Wildman–Crippen LogP) is 9.55. The van der Waals surface area contributed by atoms with Gasteiger partial charge in [0.15, 0.2) is 0 Å². The molecular weight excluding hydrogens is 660 g/mol. The van der Waals surface area contributed by atoms with Crippen molar-refractivity contribution in [3.63, 3.8) is 0 Å². The molecule has 0 nitrogen and oxygen atoms in total. The van der Waals surface area contributed by atoms with Gasteiger partial charge in [0.2, 0.25) is 29.7 Å². The van der Waals surface area contributed by atoms with E-state index < -0.39 is 29.7 Å². The Labute approximate surface area is 251 Å². The number of rotatable bonds is 15. The highest BCUT2D eigenvalue weighted by Gasteiger charge is 2.28. The maximum atomic E-state index is 6.49. The summed E-state index contributed by atoms with van der Waals surface area (Å²) >= 11 is 51.7. The molecule has 0 heterocycles. The van der Waals surface area contributed by atoms with E-state index in [0.717, 1.165) is 44.9 Å². The molecule has 0 spiro atoms. The van der Waals surface area contributed by atoms with Gasteiger partial charge >= 0.3 is 0 Å². The summed E-state index contributed by atoms with van der Waals surface area (Å²) in [6, 6.07) is 2.41. The molecule has 0 bridgehead atoms. The molecule has 0 saturated heterocycles. The molecule has 1 rings (SSSR count). The molecule has 0 aliphatic heterocycles. The first kappa shape index (κ1) is 34.4. The molecule has 0 saturated carbocycles. The van der Waals surface area contributed by atoms with E-state index in [0.29, 0.717) is 0 Å². The van der Waals surface area contributed by atoms with Gasteiger partial charge in [-0.05, 0) is 88.5 Å². The van der Waals surface area contributed by atoms with E-state index in [-0.39, 0.29) is 22.2 Å². The van der Waals surface area contributed by atoms with Crippen molar-refractivity contribution in [2.24, 2.45) is 0 Å². The Morgan fingerprint density at radius 3 is 1.29 bits per heavy atom. The van der Waals surface area contributed by atoms with Crippen LogP contribution in [0.1, 0.15) is 75.3 Å². The third-order valence-corrected chi connectivity index (χ3v) is 21.2. The van der Waals surface area contributed by atoms with Crippen molar-refractivity contribution in [1.82, 2.24) is 0 Å². The SMILES string of the molecule is CCCCc1cc(CC(C)[SiH](Cl)Cl)c(CC(C)[SiH](Cl)Cl)c(CC(C)[SiH](Cl)Cl)c1CC(C)[SiH](Cl)Cl. The largest absolute Gasteiger partial charge is 0.240 e. The molecule has 4 unspecified atom stereocenters. The van der Waals surface area contributed by atoms with E-state index >= 15 is 0 Å². The van der Waals surface area contributed by atoms with Gasteiger partial charge < -0.3 is 0 Å². The van der Waals surface area contributed by atoms with E-state index in [1.54, 1.807) is 0 Å². The second kappa shape index (κ2) is 17.2. The second-order valence-corrected chi connectivity index (χ2v) is 31.0. The molecule has 34 heavy (non-hydrogen) atoms. The van der Waals surface area contributed by atoms with Crippen molar-refractivity contribution >= 4 is 118 Å². The lowest BCUT2D eigenvalue weighted by atomic mass is 9.82. The van der Waals surface area contributed by atoms with Crippen LogP contribution < -0.4 is 0 Å². The Balaban J connectivity index is 3.86. The average Bonchev–Trinajstić information content (AvgIpc) is 2.75. The van der Waals surface area contributed by atoms with Crippen LogP contribution in [0, 0.1) is 0 Å². The van der Waals surface area contributed by atoms with Crippen LogP contribution in [-0.4, -0.2) is 29.7 Å². The van der Waals surface area contributed by atoms with E-state index in [2.05, 4.69) is 40.7 Å². The van der Waals surface area contributed by atoms with Gasteiger partial charge in [0.1, 0.15) is 0 Å². The van der Waals surface area contributed by atoms with Crippen molar-refractivity contribution in [1.29, 1.82) is 0 Å². The van der Waals surface area contributed by atoms with Gasteiger partial charge in [-0.15, -0.1) is 0 Å². The summed E-state index contributed by atoms with van der Waals surface area (Å²) < 4.78 is 0. The van der Waals surface area contributed by atoms with Gasteiger partial charge in [-0.3, -0.25) is 0 Å². The summed E-state index contributed by atoms with van der Waals surface area (Å²) in [5, 5.41) is 0. The number of hydrogen-bond acceptors (Lipinski definition) is 0. The zero-order chi connectivity index (χ0) is 26.2. The third-order valence-electron chi connectivity index (χ3n) is 6.49. The lowest BCUT2D eigenvalue weighted by molar-refractivity contribution is 0.751. The first-order chi connectivity index (χ1) is 15.8. The summed E-state index contributed by atoms with van der Waals surface area (Å²) in [5.41, 5.74) is 7.83. The minimum atomic E-state index is -1.86. The lowest BCUT2D eigenvalue weighted by Crippen LogP contribution is -2.20. The topological polar surface area (TPSA) is 0 Å². The van der Waals surface area contributed by atoms with E-state index in [9.17, 15) is 0 Å². The van der Waals surface area contributed by atoms with Gasteiger partial charge in [0, 0.05) is 0 Å². The monoisotopic (exact) mass is 694 g/mol. The molecule has 1 aromatic rings. The molecule has 0 aliphatic carbocycles. The maximum Gasteiger partial charge on any atom is 0.240 e. The zero-order valence-corrected chi connectivity index (χ0v) is 31.3. The first-order valence-corrected chi connectivity index (χ1v) is 28.7. The normalized spacial score (nSPS) is 16.0. The Bertz CT molecular complexity index is 748. The number of hydrogen-bond donors (Lipinski definition) is 0. The zero-order valence-electron chi connectivity index (χ0n) is 20.7. The van der Waals surface area contributed by atoms with Crippen LogP contribution in [0.15, 0.2) is 6.07 Å². The smallest absolute Gasteiger partial charge is 0.150 e. The average molecular weight is 699 g/mol. The van der Waals surface area contributed by atoms with Crippen molar-refractivity contribution in [3.8, 4) is 0 Å². The molecular formula is C22H38Cl8Si4. The number of unbranched alkanes of at least 4 members (excludes halogenated alkanes) is 1. The standard InChI is InChI=1S/C22H38Cl8Si4/c1-6-7-8-18-13-19(9-14(2)31(23)24)21(11-16(4)33(27)28)22(12-17(5)34(29)30)20(18)10-15(3)32(25)26/h13-17,31-34H,6-12H2,1-5H3. The van der Waals surface area contributed by atoms with Crippen LogP contribution >= 0.6 is 88.6 Å². The molecule has 198 valence electrons. The first-order valence-electron chi connectivity index (χ1n) is 12.1. The predicted molar refractivity (Wildman–Crippen MR) is 173 cm³/mol. The van der Waals surface area contributed by atoms with Crippen LogP contribution in [0.5, 0.6) is 0 Å². The highest BCUT2D eigenvalue weighted by molar-refractivity contribution is 7.35. The van der Waals surface area contributed by atoms with Gasteiger partial charge in [-0.25, -0.2) is 0 Å². The van der Waals surface area contributed by atoms with E-state index in [4.69, 9.17) is 88.6 Å². The number of aryl methyl sites for hydroxylation is 1. The summed E-state index contributed by atoms with van der Waals surface area (Å²) in [6.45, 7) is 10.9. The number of halogens is 8. The fourth-order valence-electron chi connectivity index (χ4n) is 4.15. The molecule has 0 amide bonds. The summed E-state index contributed by atoms with van der Waals surface area (Å²) in [5.74, 6) is 0. The lowest BCUT2D eigenvalue weighted by Gasteiger charge is -2.28. The van der Waals surface area contributed by atoms with E-state index in [1.807, 2.05) is 0 Å². The second-order valence-electron chi connectivity index (χ2n) is 9.80. The minimum Gasteiger partial charge on any atom is -0.150 e. The molecule has 0 aromatic heterocycles. The van der Waals surface area contributed by atoms with Crippen molar-refractivity contribution in [2.45, 2.75) is 102 Å². The van der Waals surface area contributed by atoms with Crippen LogP contribution in [0.2, 0.25) is 22.2 Å². The van der Waals surface area contributed by atoms with Gasteiger partial charge in [-0.1, -0.05) is 47.1 Å². The van der Waals surface area contributed by atoms with Crippen LogP contribution in [0.3, 0.4) is 0 Å². The van der Waals surface area contributed by atoms with Gasteiger partial charge in [0.25, 0.3) is 0 Å². The van der Waals surface area contributed by atoms with Crippen molar-refractivity contribution < 1.29 is 0 Å². The Kier molecular flexibility index (Phi) is 17.4. The molecule has 1 aromatic carbocycles. The fraction of sp³-hybridized carbons (Fsp3) is 0.727. The summed E-state index contributed by atoms with van der Waals surface area (Å²) in [6.07, 6.45) is 6.74. The van der Waals surface area contributed by atoms with Crippen molar-refractivity contribution in [2.75, 3.05) is 0 Å². The third kappa shape index (κ3) is 11.3. The van der Waals surface area contributed by atoms with Gasteiger partial charge in [0.05, 0.1) is 0 Å². The minimum absolute atomic E-state index is 0.237. The molecule has 12 heteroatoms. The van der Waals surface area contributed by atoms with Crippen LogP contribution in [-0.2, 0) is 32.1 Å². The summed E-state index contributed by atoms with van der Waals surface area (Å²) in [4.78, 5) is 0. The van der Waals surface area contributed by atoms with Crippen LogP contribution in [0.4, 0.5) is 0 Å². The van der Waals surface area contributed by atoms with Crippen molar-refractivity contribution in [3.05, 3.63) is 33.9 Å². The quantitative estimate of drug-likeness (QED) is 0.127. The molecule has 0 fully saturated rings. The maximum absolute atomic E-state index is 6.49. The molecule has 0 radical (unpaired) electrons. The highest BCUT2D eigenvalue weighted by Crippen LogP contribution is 2.38.